The van der Waals surface area contributed by atoms with E-state index in [1.165, 1.54) is 43.5 Å². The van der Waals surface area contributed by atoms with E-state index in [1.54, 1.807) is 42.5 Å². The van der Waals surface area contributed by atoms with E-state index in [1.807, 2.05) is 111 Å². The van der Waals surface area contributed by atoms with Gasteiger partial charge in [-0.25, -0.2) is 49.7 Å². The molecule has 4 aromatic carbocycles. The van der Waals surface area contributed by atoms with Gasteiger partial charge in [0, 0.05) is 188 Å². The molecule has 0 spiro atoms. The van der Waals surface area contributed by atoms with Crippen LogP contribution < -0.4 is 29.6 Å². The van der Waals surface area contributed by atoms with Gasteiger partial charge in [-0.15, -0.1) is 0 Å². The van der Waals surface area contributed by atoms with Crippen LogP contribution in [0.1, 0.15) is 263 Å². The Morgan fingerprint density at radius 1 is 0.479 bits per heavy atom. The molecule has 5 atom stereocenters. The first kappa shape index (κ1) is 103. The number of likely N-dealkylation sites (tertiary alicyclic amines) is 4. The second kappa shape index (κ2) is 42.8. The number of carbonyl (C=O) groups excluding carboxylic acids is 4. The summed E-state index contributed by atoms with van der Waals surface area (Å²) in [6, 6.07) is 31.2. The average molecular weight is 2100 g/mol. The Hall–Kier alpha value is -10.9. The lowest BCUT2D eigenvalue weighted by Gasteiger charge is -2.40. The normalized spacial score (nSPS) is 19.1. The number of morpholine rings is 1. The van der Waals surface area contributed by atoms with Gasteiger partial charge in [-0.05, 0) is 245 Å². The molecule has 8 aliphatic rings. The Morgan fingerprint density at radius 2 is 0.944 bits per heavy atom. The van der Waals surface area contributed by atoms with Gasteiger partial charge in [-0.3, -0.25) is 28.8 Å². The second-order valence-corrected chi connectivity index (χ2v) is 47.3. The molecule has 0 bridgehead atoms. The zero-order chi connectivity index (χ0) is 101. The maximum absolute atomic E-state index is 14.0. The number of hydrogen-bond acceptors (Lipinski definition) is 24. The summed E-state index contributed by atoms with van der Waals surface area (Å²) in [5.41, 5.74) is 19.4. The molecular weight excluding hydrogens is 1970 g/mol. The summed E-state index contributed by atoms with van der Waals surface area (Å²) in [4.78, 5) is 89.9. The fraction of sp³-hybridized carbons (Fsp3) is 0.495. The number of anilines is 6. The van der Waals surface area contributed by atoms with Crippen molar-refractivity contribution in [2.45, 2.75) is 214 Å². The number of amides is 4. The summed E-state index contributed by atoms with van der Waals surface area (Å²) in [5, 5.41) is 23.5. The summed E-state index contributed by atoms with van der Waals surface area (Å²) >= 11 is 16.1. The number of sulfone groups is 2. The molecule has 0 radical (unpaired) electrons. The third kappa shape index (κ3) is 22.6. The van der Waals surface area contributed by atoms with Crippen molar-refractivity contribution in [3.63, 3.8) is 0 Å². The van der Waals surface area contributed by atoms with Crippen LogP contribution in [0.5, 0.6) is 0 Å². The monoisotopic (exact) mass is 2090 g/mol. The summed E-state index contributed by atoms with van der Waals surface area (Å²) in [5.74, 6) is 3.65. The number of hydrogen-bond donors (Lipinski definition) is 2. The number of carbonyl (C=O) groups is 4. The minimum Gasteiger partial charge on any atom is -0.378 e. The topological polar surface area (TPSA) is 351 Å². The zero-order valence-corrected chi connectivity index (χ0v) is 89.0. The number of aromatic nitrogens is 12. The van der Waals surface area contributed by atoms with Crippen LogP contribution in [0, 0.1) is 61.3 Å². The van der Waals surface area contributed by atoms with Crippen LogP contribution in [0.25, 0.3) is 22.6 Å². The molecule has 39 heteroatoms. The molecule has 756 valence electrons. The number of sulfonamides is 1. The van der Waals surface area contributed by atoms with E-state index in [0.717, 1.165) is 257 Å². The van der Waals surface area contributed by atoms with Crippen LogP contribution in [0.15, 0.2) is 108 Å². The Labute approximate surface area is 849 Å². The van der Waals surface area contributed by atoms with E-state index in [4.69, 9.17) is 63.3 Å². The zero-order valence-electron chi connectivity index (χ0n) is 83.5. The number of benzene rings is 4. The van der Waals surface area contributed by atoms with E-state index in [0.29, 0.717) is 92.5 Å². The number of nitrogens with one attached hydrogen (secondary N) is 2. The third-order valence-corrected chi connectivity index (χ3v) is 32.7. The van der Waals surface area contributed by atoms with E-state index < -0.39 is 29.7 Å². The molecule has 0 aliphatic carbocycles. The predicted octanol–water partition coefficient (Wildman–Crippen LogP) is 17.4. The van der Waals surface area contributed by atoms with Gasteiger partial charge in [0.2, 0.25) is 15.9 Å². The first-order chi connectivity index (χ1) is 67.7. The van der Waals surface area contributed by atoms with Crippen molar-refractivity contribution in [2.24, 2.45) is 5.92 Å². The van der Waals surface area contributed by atoms with Crippen molar-refractivity contribution in [3.8, 4) is 0 Å². The molecule has 8 fully saturated rings. The highest BCUT2D eigenvalue weighted by Gasteiger charge is 2.40. The molecular formula is C103H129BrCl2N22O11S3. The van der Waals surface area contributed by atoms with Crippen LogP contribution >= 0.6 is 39.1 Å². The molecule has 2 N–H and O–H groups in total. The molecule has 16 heterocycles. The van der Waals surface area contributed by atoms with Crippen molar-refractivity contribution in [1.82, 2.24) is 78.0 Å². The van der Waals surface area contributed by atoms with E-state index in [9.17, 15) is 44.4 Å². The average Bonchev–Trinajstić information content (AvgIpc) is 1.65. The number of rotatable bonds is 21. The van der Waals surface area contributed by atoms with Crippen LogP contribution in [-0.2, 0) is 50.7 Å². The van der Waals surface area contributed by atoms with Gasteiger partial charge >= 0.3 is 0 Å². The molecule has 33 nitrogen and oxygen atoms in total. The van der Waals surface area contributed by atoms with Crippen molar-refractivity contribution in [2.75, 3.05) is 140 Å². The fourth-order valence-electron chi connectivity index (χ4n) is 20.8. The molecule has 0 saturated carbocycles. The maximum Gasteiger partial charge on any atom is 0.257 e. The summed E-state index contributed by atoms with van der Waals surface area (Å²) in [6.07, 6.45) is 18.4. The molecule has 142 heavy (non-hydrogen) atoms. The minimum atomic E-state index is -3.38. The van der Waals surface area contributed by atoms with Gasteiger partial charge in [0.05, 0.1) is 94.9 Å². The molecule has 8 aromatic heterocycles. The number of ether oxygens (including phenoxy) is 1. The number of aryl methyl sites for hydroxylation is 6. The van der Waals surface area contributed by atoms with Gasteiger partial charge < -0.3 is 44.4 Å². The Balaban J connectivity index is 0.000000131. The van der Waals surface area contributed by atoms with E-state index in [-0.39, 0.29) is 65.3 Å². The third-order valence-electron chi connectivity index (χ3n) is 28.9. The van der Waals surface area contributed by atoms with Gasteiger partial charge in [-0.1, -0.05) is 72.4 Å². The molecule has 12 aromatic rings. The Bertz CT molecular complexity index is 7200. The standard InChI is InChI=1S/C29H37ClN6O4S.C26H36N6O2S.C24H28BrN5O2.C24H28ClN5O3S/c1-3-20-17-34(18-20)26-16-28(33-10-12-40-13-11-33)36-27(31-26)15-24(32-36)25-6-4-5-9-35(25)29(37)23-14-22(30)8-7-21(23)19-41(2,38)39;1-17-10-11-22(29-35(5,33)34)21(15-17)20(4)31-14-7-6-9-24(31)23-16-25-27-19(3)18(2)26(32(25)28-23)30-12-8-13-30;1-13-9-10-18(27-17(5)31)22(23(13)25)24(32)29-11-7-6-8-20(29)19-12-21-26-15(3)14(2)16(4)30(21)28-19;1-16-12-23(28-9-5-10-28)30-22(26-16)14-20(27-30)21-6-3-4-11-29(21)24(31)19-13-18(25)8-7-17(19)15-34(2,32)33/h7-8,14-16,20,25H,3-6,9-13,17-19H2,1-2H3;10-11,15-16,20,24,29H,6-9,12-14H2,1-5H3;9-10,12,20H,6-8,11H2,1-5H3,(H,27,31);7-8,12-14,21H,3-6,9-11,15H2,1-2H3/t25-;20?,24-;20-;21-/m0000/s1. The van der Waals surface area contributed by atoms with Crippen molar-refractivity contribution >= 4 is 150 Å². The van der Waals surface area contributed by atoms with Crippen LogP contribution in [0.4, 0.5) is 34.6 Å². The van der Waals surface area contributed by atoms with Crippen LogP contribution in [-0.4, -0.2) is 237 Å². The van der Waals surface area contributed by atoms with Gasteiger partial charge in [-0.2, -0.15) is 33.9 Å². The highest BCUT2D eigenvalue weighted by atomic mass is 79.9. The van der Waals surface area contributed by atoms with Gasteiger partial charge in [0.25, 0.3) is 17.7 Å². The summed E-state index contributed by atoms with van der Waals surface area (Å²) < 4.78 is 89.1. The molecule has 1 unspecified atom stereocenters. The van der Waals surface area contributed by atoms with Crippen molar-refractivity contribution in [1.29, 1.82) is 0 Å². The minimum absolute atomic E-state index is 0.0283. The summed E-state index contributed by atoms with van der Waals surface area (Å²) in [6.45, 7) is 33.8. The largest absolute Gasteiger partial charge is 0.378 e. The molecule has 8 saturated heterocycles. The highest BCUT2D eigenvalue weighted by Crippen LogP contribution is 2.45. The predicted molar refractivity (Wildman–Crippen MR) is 560 cm³/mol. The molecule has 8 aliphatic heterocycles. The van der Waals surface area contributed by atoms with Crippen LogP contribution in [0.2, 0.25) is 10.0 Å². The second-order valence-electron chi connectivity index (χ2n) is 39.6. The number of fused-ring (bicyclic) bond motifs is 4. The Morgan fingerprint density at radius 3 is 1.46 bits per heavy atom. The lowest BCUT2D eigenvalue weighted by Crippen LogP contribution is -2.47. The first-order valence-electron chi connectivity index (χ1n) is 49.5. The first-order valence-corrected chi connectivity index (χ1v) is 57.1. The van der Waals surface area contributed by atoms with E-state index in [2.05, 4.69) is 107 Å². The lowest BCUT2D eigenvalue weighted by atomic mass is 9.94. The smallest absolute Gasteiger partial charge is 0.257 e. The molecule has 4 amide bonds. The number of piperidine rings is 4. The molecule has 20 rings (SSSR count). The number of halogens is 3. The SMILES string of the molecule is CC(=O)Nc1ccc(C)c(Br)c1C(=O)N1CCCC[C@H]1c1cc2nc(C)c(C)c(C)n2n1.CCC1CN(c2cc(N3CCOCC3)n3nc([C@@H]4CCCCN4C(=O)c4cc(Cl)ccc4CS(C)(=O)=O)cc3n2)C1.Cc1cc(N2CCC2)n2nc([C@@H]3CCCCN3C(=O)c3cc(Cl)ccc3CS(C)(=O)=O)cc2n1.Cc1ccc(NS(C)(=O)=O)c(C(C)N2CCCC[C@H]2c2cc3nc(C)c(C)c(N4CCC4)n3n2)c1. The summed E-state index contributed by atoms with van der Waals surface area (Å²) in [7, 11) is -10.0. The van der Waals surface area contributed by atoms with Crippen molar-refractivity contribution < 1.29 is 49.2 Å². The van der Waals surface area contributed by atoms with Crippen molar-refractivity contribution in [3.05, 3.63) is 219 Å². The fourth-order valence-corrected chi connectivity index (χ4v) is 23.9. The van der Waals surface area contributed by atoms with Crippen LogP contribution in [0.3, 0.4) is 0 Å². The Kier molecular flexibility index (Phi) is 30.9. The maximum atomic E-state index is 14.0. The quantitative estimate of drug-likeness (QED) is 0.0675. The van der Waals surface area contributed by atoms with E-state index >= 15 is 0 Å². The van der Waals surface area contributed by atoms with Gasteiger partial charge in [0.1, 0.15) is 23.3 Å². The lowest BCUT2D eigenvalue weighted by molar-refractivity contribution is -0.114. The highest BCUT2D eigenvalue weighted by molar-refractivity contribution is 9.10. The number of nitrogens with zero attached hydrogens (tertiary/aromatic N) is 20. The van der Waals surface area contributed by atoms with Gasteiger partial charge in [0.15, 0.2) is 42.3 Å².